The summed E-state index contributed by atoms with van der Waals surface area (Å²) in [4.78, 5) is 43.4. The average molecular weight is 558 g/mol. The van der Waals surface area contributed by atoms with Gasteiger partial charge < -0.3 is 15.1 Å². The van der Waals surface area contributed by atoms with Gasteiger partial charge in [-0.2, -0.15) is 10.2 Å². The lowest BCUT2D eigenvalue weighted by Gasteiger charge is -2.38. The van der Waals surface area contributed by atoms with Crippen LogP contribution in [0.3, 0.4) is 0 Å². The zero-order chi connectivity index (χ0) is 28.7. The summed E-state index contributed by atoms with van der Waals surface area (Å²) in [6.45, 7) is 0.603. The lowest BCUT2D eigenvalue weighted by Crippen LogP contribution is -2.49. The van der Waals surface area contributed by atoms with Crippen molar-refractivity contribution in [2.75, 3.05) is 13.1 Å². The molecule has 1 amide bonds. The first-order chi connectivity index (χ1) is 19.7. The number of benzene rings is 2. The van der Waals surface area contributed by atoms with E-state index in [2.05, 4.69) is 15.2 Å². The number of aromatic carboxylic acids is 1. The number of carbonyl (C=O) groups excluding carboxylic acids is 1. The molecule has 1 saturated heterocycles. The number of piperidine rings is 1. The molecule has 0 aliphatic carbocycles. The molecule has 5 aromatic rings. The molecule has 3 aromatic heterocycles. The number of aliphatic hydroxyl groups is 1. The van der Waals surface area contributed by atoms with E-state index in [-0.39, 0.29) is 47.6 Å². The van der Waals surface area contributed by atoms with Gasteiger partial charge in [0.25, 0.3) is 11.5 Å². The molecule has 0 saturated carbocycles. The molecule has 1 fully saturated rings. The summed E-state index contributed by atoms with van der Waals surface area (Å²) in [5, 5.41) is 28.9. The van der Waals surface area contributed by atoms with Gasteiger partial charge in [0.15, 0.2) is 5.65 Å². The number of likely N-dealkylation sites (tertiary alicyclic amines) is 1. The quantitative estimate of drug-likeness (QED) is 0.323. The third-order valence-corrected chi connectivity index (χ3v) is 7.28. The lowest BCUT2D eigenvalue weighted by molar-refractivity contribution is -0.0299. The molecule has 0 radical (unpaired) electrons. The number of carboxylic acid groups (broad SMARTS) is 1. The number of rotatable bonds is 6. The van der Waals surface area contributed by atoms with E-state index >= 15 is 0 Å². The summed E-state index contributed by atoms with van der Waals surface area (Å²) in [6, 6.07) is 12.3. The van der Waals surface area contributed by atoms with Gasteiger partial charge in [0, 0.05) is 24.8 Å². The van der Waals surface area contributed by atoms with Crippen molar-refractivity contribution >= 4 is 22.9 Å². The van der Waals surface area contributed by atoms with Gasteiger partial charge in [-0.05, 0) is 61.4 Å². The van der Waals surface area contributed by atoms with E-state index in [4.69, 9.17) is 5.11 Å². The van der Waals surface area contributed by atoms with Crippen LogP contribution in [0.25, 0.3) is 22.4 Å². The Morgan fingerprint density at radius 1 is 0.927 bits per heavy atom. The second-order valence-corrected chi connectivity index (χ2v) is 9.99. The van der Waals surface area contributed by atoms with Crippen LogP contribution >= 0.6 is 0 Å². The average Bonchev–Trinajstić information content (AvgIpc) is 3.64. The zero-order valence-electron chi connectivity index (χ0n) is 21.6. The van der Waals surface area contributed by atoms with Gasteiger partial charge >= 0.3 is 5.97 Å². The van der Waals surface area contributed by atoms with E-state index in [0.29, 0.717) is 35.7 Å². The fourth-order valence-corrected chi connectivity index (χ4v) is 4.95. The second-order valence-electron chi connectivity index (χ2n) is 9.99. The van der Waals surface area contributed by atoms with Crippen LogP contribution in [-0.4, -0.2) is 74.8 Å². The van der Waals surface area contributed by atoms with E-state index < -0.39 is 11.6 Å². The Morgan fingerprint density at radius 2 is 1.61 bits per heavy atom. The number of nitrogens with zero attached hydrogens (tertiary/aromatic N) is 7. The van der Waals surface area contributed by atoms with E-state index in [1.165, 1.54) is 63.1 Å². The van der Waals surface area contributed by atoms with Crippen molar-refractivity contribution < 1.29 is 24.2 Å². The Labute approximate surface area is 231 Å². The Bertz CT molecular complexity index is 1820. The summed E-state index contributed by atoms with van der Waals surface area (Å²) >= 11 is 0. The van der Waals surface area contributed by atoms with Gasteiger partial charge in [-0.15, -0.1) is 0 Å². The molecule has 208 valence electrons. The van der Waals surface area contributed by atoms with E-state index in [1.807, 2.05) is 0 Å². The maximum Gasteiger partial charge on any atom is 0.338 e. The van der Waals surface area contributed by atoms with Crippen LogP contribution in [0.15, 0.2) is 78.2 Å². The van der Waals surface area contributed by atoms with Crippen molar-refractivity contribution in [2.24, 2.45) is 0 Å². The zero-order valence-corrected chi connectivity index (χ0v) is 21.6. The Hall–Kier alpha value is -5.17. The smallest absolute Gasteiger partial charge is 0.338 e. The van der Waals surface area contributed by atoms with Crippen molar-refractivity contribution in [1.29, 1.82) is 0 Å². The van der Waals surface area contributed by atoms with Crippen LogP contribution in [-0.2, 0) is 6.54 Å². The van der Waals surface area contributed by atoms with Gasteiger partial charge in [-0.3, -0.25) is 14.2 Å². The molecular formula is C28H24FN7O5. The fraction of sp³-hybridized carbons (Fsp3) is 0.214. The lowest BCUT2D eigenvalue weighted by atomic mass is 9.91. The third-order valence-electron chi connectivity index (χ3n) is 7.28. The van der Waals surface area contributed by atoms with Gasteiger partial charge in [0.1, 0.15) is 17.5 Å². The van der Waals surface area contributed by atoms with Crippen LogP contribution in [0.5, 0.6) is 0 Å². The highest BCUT2D eigenvalue weighted by atomic mass is 19.1. The molecule has 2 aromatic carbocycles. The normalized spacial score (nSPS) is 14.8. The maximum absolute atomic E-state index is 13.3. The van der Waals surface area contributed by atoms with Gasteiger partial charge in [-0.25, -0.2) is 23.5 Å². The summed E-state index contributed by atoms with van der Waals surface area (Å²) in [6.07, 6.45) is 5.93. The topological polar surface area (TPSA) is 148 Å². The van der Waals surface area contributed by atoms with Crippen LogP contribution in [0.2, 0.25) is 0 Å². The molecule has 0 atom stereocenters. The Balaban J connectivity index is 1.12. The highest BCUT2D eigenvalue weighted by molar-refractivity contribution is 5.94. The van der Waals surface area contributed by atoms with Gasteiger partial charge in [0.05, 0.1) is 41.5 Å². The first-order valence-corrected chi connectivity index (χ1v) is 12.8. The molecular weight excluding hydrogens is 533 g/mol. The van der Waals surface area contributed by atoms with Crippen molar-refractivity contribution in [1.82, 2.24) is 34.0 Å². The predicted octanol–water partition coefficient (Wildman–Crippen LogP) is 2.27. The largest absolute Gasteiger partial charge is 0.478 e. The highest BCUT2D eigenvalue weighted by Crippen LogP contribution is 2.25. The summed E-state index contributed by atoms with van der Waals surface area (Å²) in [5.41, 5.74) is 0.438. The standard InChI is InChI=1S/C28H24FN7O5/c29-20-3-7-22(8-4-20)36-24-23(14-32-36)26(38)34(17-30-24)16-28(41)9-11-33(12-10-28)25(37)18-1-5-21(6-2-18)35-15-19(13-31-35)27(39)40/h1-8,13-15,17,41H,9-12,16H2,(H,39,40). The van der Waals surface area contributed by atoms with Crippen molar-refractivity contribution in [3.8, 4) is 11.4 Å². The molecule has 1 aliphatic heterocycles. The molecule has 0 spiro atoms. The molecule has 4 heterocycles. The number of aromatic nitrogens is 6. The first kappa shape index (κ1) is 26.1. The molecule has 12 nitrogen and oxygen atoms in total. The summed E-state index contributed by atoms with van der Waals surface area (Å²) in [7, 11) is 0. The summed E-state index contributed by atoms with van der Waals surface area (Å²) < 4.78 is 17.5. The predicted molar refractivity (Wildman–Crippen MR) is 144 cm³/mol. The van der Waals surface area contributed by atoms with E-state index in [0.717, 1.165) is 0 Å². The van der Waals surface area contributed by atoms with Crippen molar-refractivity contribution in [3.63, 3.8) is 0 Å². The molecule has 0 unspecified atom stereocenters. The van der Waals surface area contributed by atoms with Crippen LogP contribution in [0, 0.1) is 5.82 Å². The van der Waals surface area contributed by atoms with E-state index in [9.17, 15) is 23.9 Å². The molecule has 13 heteroatoms. The third kappa shape index (κ3) is 4.98. The monoisotopic (exact) mass is 557 g/mol. The number of carboxylic acids is 1. The number of hydrogen-bond donors (Lipinski definition) is 2. The first-order valence-electron chi connectivity index (χ1n) is 12.8. The molecule has 2 N–H and O–H groups in total. The minimum atomic E-state index is -1.21. The minimum Gasteiger partial charge on any atom is -0.478 e. The SMILES string of the molecule is O=C(O)c1cnn(-c2ccc(C(=O)N3CCC(O)(Cn4cnc5c(cnn5-c5ccc(F)cc5)c4=O)CC3)cc2)c1. The number of amides is 1. The van der Waals surface area contributed by atoms with Crippen LogP contribution in [0.4, 0.5) is 4.39 Å². The number of hydrogen-bond acceptors (Lipinski definition) is 7. The van der Waals surface area contributed by atoms with Gasteiger partial charge in [-0.1, -0.05) is 0 Å². The van der Waals surface area contributed by atoms with Crippen molar-refractivity contribution in [2.45, 2.75) is 25.0 Å². The second kappa shape index (κ2) is 10.1. The molecule has 41 heavy (non-hydrogen) atoms. The molecule has 0 bridgehead atoms. The number of halogens is 1. The fourth-order valence-electron chi connectivity index (χ4n) is 4.95. The van der Waals surface area contributed by atoms with Crippen LogP contribution < -0.4 is 5.56 Å². The number of fused-ring (bicyclic) bond motifs is 1. The van der Waals surface area contributed by atoms with Crippen LogP contribution in [0.1, 0.15) is 33.6 Å². The van der Waals surface area contributed by atoms with Crippen molar-refractivity contribution in [3.05, 3.63) is 101 Å². The Morgan fingerprint density at radius 3 is 2.27 bits per heavy atom. The highest BCUT2D eigenvalue weighted by Gasteiger charge is 2.35. The minimum absolute atomic E-state index is 0.00936. The molecule has 6 rings (SSSR count). The molecule has 1 aliphatic rings. The van der Waals surface area contributed by atoms with E-state index in [1.54, 1.807) is 29.2 Å². The van der Waals surface area contributed by atoms with Gasteiger partial charge in [0.2, 0.25) is 0 Å². The summed E-state index contributed by atoms with van der Waals surface area (Å²) in [5.74, 6) is -1.66. The Kier molecular flexibility index (Phi) is 6.42. The maximum atomic E-state index is 13.3. The number of carbonyl (C=O) groups is 2.